The Morgan fingerprint density at radius 3 is 2.53 bits per heavy atom. The Bertz CT molecular complexity index is 2580. The number of nitrogens with one attached hydrogen (secondary N) is 3. The van der Waals surface area contributed by atoms with Crippen molar-refractivity contribution in [1.82, 2.24) is 19.6 Å². The number of piperazine rings is 1. The zero-order chi connectivity index (χ0) is 41.4. The number of aromatic nitrogens is 2. The Balaban J connectivity index is 0.933. The molecule has 9 rings (SSSR count). The van der Waals surface area contributed by atoms with E-state index in [2.05, 4.69) is 41.9 Å². The SMILES string of the molecule is O=C(NS(=O)(=O)c1ccc(NCC2COC2)c([N+](=O)[O-])c1)c1ccc(N2CCN(CC3=C(c4ccc(Cl)cc4)CC4(CCC4)CC3)CC2)cc1Oc1cnc2[nH]ccc2c1. The first-order valence-corrected chi connectivity index (χ1v) is 22.2. The average Bonchev–Trinajstić information content (AvgIpc) is 3.68. The van der Waals surface area contributed by atoms with Crippen LogP contribution in [0, 0.1) is 21.4 Å². The maximum absolute atomic E-state index is 13.9. The smallest absolute Gasteiger partial charge is 0.293 e. The summed E-state index contributed by atoms with van der Waals surface area (Å²) in [4.78, 5) is 37.0. The van der Waals surface area contributed by atoms with Gasteiger partial charge in [0, 0.05) is 79.6 Å². The third-order valence-corrected chi connectivity index (χ3v) is 14.1. The summed E-state index contributed by atoms with van der Waals surface area (Å²) in [6, 6.07) is 20.5. The van der Waals surface area contributed by atoms with Gasteiger partial charge in [-0.15, -0.1) is 0 Å². The van der Waals surface area contributed by atoms with Gasteiger partial charge in [0.15, 0.2) is 0 Å². The Kier molecular flexibility index (Phi) is 11.0. The standard InChI is InChI=1S/C44H46ClN7O7S/c45-33-4-2-30(3-5-33)38-23-44(12-1-13-44)14-10-32(38)26-50-16-18-51(19-17-50)34-6-8-37(41(21-34)59-35-20-31-11-15-46-42(31)48-25-35)43(53)49-60(56,57)36-7-9-39(40(22-36)52(54)55)47-24-29-27-58-28-29/h2-9,11,15,20-22,25,29,47H,1,10,12-14,16-19,23-24,26-28H2,(H,46,48)(H,49,53). The summed E-state index contributed by atoms with van der Waals surface area (Å²) in [6.07, 6.45) is 10.7. The summed E-state index contributed by atoms with van der Waals surface area (Å²) < 4.78 is 40.8. The van der Waals surface area contributed by atoms with Crippen LogP contribution in [-0.2, 0) is 14.8 Å². The van der Waals surface area contributed by atoms with Gasteiger partial charge in [-0.1, -0.05) is 35.7 Å². The molecule has 2 aliphatic heterocycles. The Labute approximate surface area is 353 Å². The highest BCUT2D eigenvalue weighted by atomic mass is 35.5. The molecular weight excluding hydrogens is 806 g/mol. The van der Waals surface area contributed by atoms with E-state index in [9.17, 15) is 23.3 Å². The van der Waals surface area contributed by atoms with E-state index in [1.807, 2.05) is 18.2 Å². The minimum atomic E-state index is -4.54. The van der Waals surface area contributed by atoms with Gasteiger partial charge in [0.2, 0.25) is 0 Å². The fourth-order valence-corrected chi connectivity index (χ4v) is 9.89. The van der Waals surface area contributed by atoms with E-state index >= 15 is 0 Å². The first-order chi connectivity index (χ1) is 29.0. The minimum Gasteiger partial charge on any atom is -0.455 e. The maximum Gasteiger partial charge on any atom is 0.293 e. The fourth-order valence-electron chi connectivity index (χ4n) is 8.78. The Morgan fingerprint density at radius 2 is 1.82 bits per heavy atom. The van der Waals surface area contributed by atoms with Gasteiger partial charge < -0.3 is 24.7 Å². The molecule has 1 saturated carbocycles. The van der Waals surface area contributed by atoms with E-state index in [1.165, 1.54) is 60.7 Å². The highest BCUT2D eigenvalue weighted by Crippen LogP contribution is 2.55. The van der Waals surface area contributed by atoms with Crippen LogP contribution < -0.4 is 19.7 Å². The topological polar surface area (TPSA) is 172 Å². The summed E-state index contributed by atoms with van der Waals surface area (Å²) in [5.74, 6) is -0.254. The summed E-state index contributed by atoms with van der Waals surface area (Å²) >= 11 is 6.27. The number of nitrogens with zero attached hydrogens (tertiary/aromatic N) is 4. The van der Waals surface area contributed by atoms with E-state index in [4.69, 9.17) is 21.1 Å². The minimum absolute atomic E-state index is 0.0335. The molecule has 4 heterocycles. The zero-order valence-corrected chi connectivity index (χ0v) is 34.6. The molecule has 14 nitrogen and oxygen atoms in total. The molecule has 3 fully saturated rings. The molecular formula is C44H46ClN7O7S. The van der Waals surface area contributed by atoms with Crippen molar-refractivity contribution in [3.8, 4) is 11.5 Å². The predicted molar refractivity (Wildman–Crippen MR) is 230 cm³/mol. The van der Waals surface area contributed by atoms with E-state index < -0.39 is 31.4 Å². The Hall–Kier alpha value is -5.48. The number of halogens is 1. The maximum atomic E-state index is 13.9. The first-order valence-electron chi connectivity index (χ1n) is 20.4. The molecule has 1 spiro atoms. The van der Waals surface area contributed by atoms with Crippen LogP contribution in [0.25, 0.3) is 16.6 Å². The number of anilines is 2. The van der Waals surface area contributed by atoms with Crippen LogP contribution >= 0.6 is 11.6 Å². The van der Waals surface area contributed by atoms with Crippen molar-refractivity contribution in [1.29, 1.82) is 0 Å². The lowest BCUT2D eigenvalue weighted by atomic mass is 9.59. The van der Waals surface area contributed by atoms with Crippen LogP contribution in [0.1, 0.15) is 54.4 Å². The van der Waals surface area contributed by atoms with Crippen molar-refractivity contribution in [3.05, 3.63) is 117 Å². The zero-order valence-electron chi connectivity index (χ0n) is 33.0. The lowest BCUT2D eigenvalue weighted by Gasteiger charge is -2.47. The quantitative estimate of drug-likeness (QED) is 0.0774. The number of ether oxygens (including phenoxy) is 2. The molecule has 2 saturated heterocycles. The van der Waals surface area contributed by atoms with Crippen LogP contribution in [0.5, 0.6) is 11.5 Å². The second-order valence-electron chi connectivity index (χ2n) is 16.4. The van der Waals surface area contributed by atoms with Crippen molar-refractivity contribution in [3.63, 3.8) is 0 Å². The number of rotatable bonds is 13. The molecule has 2 aliphatic carbocycles. The molecule has 3 N–H and O–H groups in total. The molecule has 16 heteroatoms. The monoisotopic (exact) mass is 851 g/mol. The van der Waals surface area contributed by atoms with Crippen molar-refractivity contribution in [2.45, 2.75) is 43.4 Å². The van der Waals surface area contributed by atoms with Gasteiger partial charge in [-0.2, -0.15) is 0 Å². The molecule has 4 aliphatic rings. The number of pyridine rings is 1. The predicted octanol–water partition coefficient (Wildman–Crippen LogP) is 8.02. The number of fused-ring (bicyclic) bond motifs is 1. The summed E-state index contributed by atoms with van der Waals surface area (Å²) in [6.45, 7) is 5.60. The van der Waals surface area contributed by atoms with Gasteiger partial charge in [-0.3, -0.25) is 19.8 Å². The molecule has 0 radical (unpaired) electrons. The van der Waals surface area contributed by atoms with E-state index in [-0.39, 0.29) is 22.9 Å². The van der Waals surface area contributed by atoms with Crippen LogP contribution in [0.15, 0.2) is 95.7 Å². The number of benzene rings is 3. The van der Waals surface area contributed by atoms with Crippen LogP contribution in [0.3, 0.4) is 0 Å². The van der Waals surface area contributed by atoms with Crippen molar-refractivity contribution in [2.75, 3.05) is 62.7 Å². The summed E-state index contributed by atoms with van der Waals surface area (Å²) in [5.41, 5.74) is 5.91. The normalized spacial score (nSPS) is 18.2. The number of amides is 1. The second-order valence-corrected chi connectivity index (χ2v) is 18.5. The number of nitro benzene ring substituents is 1. The van der Waals surface area contributed by atoms with E-state index in [0.29, 0.717) is 36.6 Å². The number of aromatic amines is 1. The molecule has 1 amide bonds. The molecule has 0 unspecified atom stereocenters. The molecule has 312 valence electrons. The largest absolute Gasteiger partial charge is 0.455 e. The molecule has 2 aromatic heterocycles. The van der Waals surface area contributed by atoms with E-state index in [1.54, 1.807) is 30.5 Å². The first kappa shape index (κ1) is 40.0. The van der Waals surface area contributed by atoms with Crippen LogP contribution in [-0.4, -0.2) is 86.6 Å². The number of sulfonamides is 1. The van der Waals surface area contributed by atoms with Gasteiger partial charge in [0.1, 0.15) is 22.8 Å². The van der Waals surface area contributed by atoms with Gasteiger partial charge in [0.05, 0.1) is 34.8 Å². The lowest BCUT2D eigenvalue weighted by Crippen LogP contribution is -2.47. The molecule has 0 bridgehead atoms. The van der Waals surface area contributed by atoms with E-state index in [0.717, 1.165) is 67.7 Å². The van der Waals surface area contributed by atoms with Crippen LogP contribution in [0.2, 0.25) is 5.02 Å². The fraction of sp³-hybridized carbons (Fsp3) is 0.364. The van der Waals surface area contributed by atoms with Gasteiger partial charge in [-0.25, -0.2) is 18.1 Å². The summed E-state index contributed by atoms with van der Waals surface area (Å²) in [7, 11) is -4.54. The number of allylic oxidation sites excluding steroid dienone is 1. The lowest BCUT2D eigenvalue weighted by molar-refractivity contribution is -0.384. The number of nitro groups is 1. The molecule has 5 aromatic rings. The highest BCUT2D eigenvalue weighted by molar-refractivity contribution is 7.90. The van der Waals surface area contributed by atoms with Gasteiger partial charge in [0.25, 0.3) is 21.6 Å². The number of carbonyl (C=O) groups is 1. The second kappa shape index (κ2) is 16.5. The third-order valence-electron chi connectivity index (χ3n) is 12.5. The van der Waals surface area contributed by atoms with Gasteiger partial charge >= 0.3 is 0 Å². The van der Waals surface area contributed by atoms with Crippen molar-refractivity contribution in [2.24, 2.45) is 11.3 Å². The summed E-state index contributed by atoms with van der Waals surface area (Å²) in [5, 5.41) is 16.5. The molecule has 60 heavy (non-hydrogen) atoms. The van der Waals surface area contributed by atoms with Gasteiger partial charge in [-0.05, 0) is 97.2 Å². The number of hydrogen-bond donors (Lipinski definition) is 3. The van der Waals surface area contributed by atoms with Crippen molar-refractivity contribution < 1.29 is 27.6 Å². The molecule has 3 aromatic carbocycles. The highest BCUT2D eigenvalue weighted by Gasteiger charge is 2.41. The van der Waals surface area contributed by atoms with Crippen molar-refractivity contribution >= 4 is 61.2 Å². The average molecular weight is 852 g/mol. The number of carbonyl (C=O) groups excluding carboxylic acids is 1. The molecule has 0 atom stereocenters. The number of hydrogen-bond acceptors (Lipinski definition) is 11. The van der Waals surface area contributed by atoms with Crippen LogP contribution in [0.4, 0.5) is 17.1 Å². The third kappa shape index (κ3) is 8.44. The number of H-pyrrole nitrogens is 1. The Morgan fingerprint density at radius 1 is 1.02 bits per heavy atom.